The van der Waals surface area contributed by atoms with Gasteiger partial charge in [-0.15, -0.1) is 0 Å². The van der Waals surface area contributed by atoms with E-state index in [1.807, 2.05) is 0 Å². The van der Waals surface area contributed by atoms with Crippen LogP contribution in [0.4, 0.5) is 26.3 Å². The van der Waals surface area contributed by atoms with E-state index in [0.29, 0.717) is 6.07 Å². The molecule has 20 heavy (non-hydrogen) atoms. The first kappa shape index (κ1) is 16.6. The second kappa shape index (κ2) is 5.49. The van der Waals surface area contributed by atoms with Crippen molar-refractivity contribution in [3.05, 3.63) is 28.8 Å². The summed E-state index contributed by atoms with van der Waals surface area (Å²) in [5.41, 5.74) is 7.09. The van der Waals surface area contributed by atoms with Crippen LogP contribution in [0.25, 0.3) is 0 Å². The SMILES string of the molecule is COc1cc(C(F)(F)F)cc(C(F)(F)F)c1C(N)CN. The highest BCUT2D eigenvalue weighted by atomic mass is 19.4. The summed E-state index contributed by atoms with van der Waals surface area (Å²) in [6.45, 7) is -0.370. The highest BCUT2D eigenvalue weighted by Gasteiger charge is 2.40. The topological polar surface area (TPSA) is 61.3 Å². The summed E-state index contributed by atoms with van der Waals surface area (Å²) >= 11 is 0. The minimum Gasteiger partial charge on any atom is -0.496 e. The average Bonchev–Trinajstić information content (AvgIpc) is 2.33. The Bertz CT molecular complexity index is 483. The standard InChI is InChI=1S/C11H12F6N2O/c1-20-8-3-5(10(12,13)14)2-6(11(15,16)17)9(8)7(19)4-18/h2-3,7H,4,18-19H2,1H3. The van der Waals surface area contributed by atoms with Gasteiger partial charge in [-0.05, 0) is 12.1 Å². The number of halogens is 6. The first-order valence-electron chi connectivity index (χ1n) is 5.34. The van der Waals surface area contributed by atoms with E-state index < -0.39 is 40.8 Å². The molecule has 0 radical (unpaired) electrons. The lowest BCUT2D eigenvalue weighted by atomic mass is 9.96. The summed E-state index contributed by atoms with van der Waals surface area (Å²) in [6, 6.07) is -0.808. The van der Waals surface area contributed by atoms with Crippen molar-refractivity contribution in [3.8, 4) is 5.75 Å². The third-order valence-electron chi connectivity index (χ3n) is 2.62. The van der Waals surface area contributed by atoms with Gasteiger partial charge in [0.2, 0.25) is 0 Å². The molecule has 1 unspecified atom stereocenters. The minimum atomic E-state index is -5.00. The van der Waals surface area contributed by atoms with Crippen LogP contribution < -0.4 is 16.2 Å². The lowest BCUT2D eigenvalue weighted by Gasteiger charge is -2.22. The summed E-state index contributed by atoms with van der Waals surface area (Å²) in [4.78, 5) is 0. The molecule has 1 rings (SSSR count). The first-order valence-corrected chi connectivity index (χ1v) is 5.34. The van der Waals surface area contributed by atoms with Crippen molar-refractivity contribution in [2.45, 2.75) is 18.4 Å². The predicted molar refractivity (Wildman–Crippen MR) is 59.0 cm³/mol. The van der Waals surface area contributed by atoms with Gasteiger partial charge in [-0.25, -0.2) is 0 Å². The molecule has 0 amide bonds. The maximum atomic E-state index is 12.9. The highest BCUT2D eigenvalue weighted by Crippen LogP contribution is 2.43. The van der Waals surface area contributed by atoms with Crippen molar-refractivity contribution in [1.29, 1.82) is 0 Å². The summed E-state index contributed by atoms with van der Waals surface area (Å²) in [7, 11) is 0.961. The van der Waals surface area contributed by atoms with E-state index in [1.165, 1.54) is 0 Å². The zero-order valence-electron chi connectivity index (χ0n) is 10.3. The van der Waals surface area contributed by atoms with Crippen LogP contribution in [-0.2, 0) is 12.4 Å². The maximum absolute atomic E-state index is 12.9. The summed E-state index contributed by atoms with van der Waals surface area (Å²) in [6.07, 6.45) is -9.94. The van der Waals surface area contributed by atoms with E-state index in [4.69, 9.17) is 11.5 Å². The largest absolute Gasteiger partial charge is 0.496 e. The number of methoxy groups -OCH3 is 1. The molecule has 0 aliphatic rings. The van der Waals surface area contributed by atoms with Gasteiger partial charge >= 0.3 is 12.4 Å². The molecule has 4 N–H and O–H groups in total. The van der Waals surface area contributed by atoms with Gasteiger partial charge in [0.1, 0.15) is 5.75 Å². The van der Waals surface area contributed by atoms with Crippen molar-refractivity contribution in [1.82, 2.24) is 0 Å². The number of nitrogens with two attached hydrogens (primary N) is 2. The van der Waals surface area contributed by atoms with E-state index >= 15 is 0 Å². The summed E-state index contributed by atoms with van der Waals surface area (Å²) < 4.78 is 81.2. The molecule has 0 saturated heterocycles. The Labute approximate surface area is 110 Å². The molecule has 114 valence electrons. The Hall–Kier alpha value is -1.48. The molecule has 1 aromatic carbocycles. The van der Waals surface area contributed by atoms with Crippen LogP contribution in [0, 0.1) is 0 Å². The normalized spacial score (nSPS) is 14.2. The van der Waals surface area contributed by atoms with Crippen LogP contribution in [0.15, 0.2) is 12.1 Å². The molecule has 9 heteroatoms. The Kier molecular flexibility index (Phi) is 4.55. The van der Waals surface area contributed by atoms with Crippen LogP contribution in [0.2, 0.25) is 0 Å². The number of alkyl halides is 6. The van der Waals surface area contributed by atoms with Gasteiger partial charge in [-0.1, -0.05) is 0 Å². The number of hydrogen-bond acceptors (Lipinski definition) is 3. The van der Waals surface area contributed by atoms with E-state index in [9.17, 15) is 26.3 Å². The molecule has 0 saturated carbocycles. The maximum Gasteiger partial charge on any atom is 0.416 e. The van der Waals surface area contributed by atoms with Gasteiger partial charge < -0.3 is 16.2 Å². The second-order valence-corrected chi connectivity index (χ2v) is 3.98. The number of ether oxygens (including phenoxy) is 1. The molecule has 1 aromatic rings. The van der Waals surface area contributed by atoms with Crippen molar-refractivity contribution in [2.75, 3.05) is 13.7 Å². The molecule has 0 heterocycles. The third kappa shape index (κ3) is 3.34. The molecule has 0 fully saturated rings. The molecule has 0 aliphatic heterocycles. The minimum absolute atomic E-state index is 0.00731. The van der Waals surface area contributed by atoms with Crippen molar-refractivity contribution in [3.63, 3.8) is 0 Å². The van der Waals surface area contributed by atoms with Gasteiger partial charge in [0.05, 0.1) is 18.2 Å². The number of benzene rings is 1. The second-order valence-electron chi connectivity index (χ2n) is 3.98. The number of hydrogen-bond donors (Lipinski definition) is 2. The van der Waals surface area contributed by atoms with Crippen LogP contribution in [0.3, 0.4) is 0 Å². The van der Waals surface area contributed by atoms with Crippen LogP contribution in [0.1, 0.15) is 22.7 Å². The highest BCUT2D eigenvalue weighted by molar-refractivity contribution is 5.48. The molecular weight excluding hydrogens is 290 g/mol. The molecule has 0 aliphatic carbocycles. The van der Waals surface area contributed by atoms with Gasteiger partial charge in [0.25, 0.3) is 0 Å². The molecule has 1 atom stereocenters. The van der Waals surface area contributed by atoms with E-state index in [2.05, 4.69) is 4.74 Å². The van der Waals surface area contributed by atoms with Crippen molar-refractivity contribution >= 4 is 0 Å². The van der Waals surface area contributed by atoms with E-state index in [0.717, 1.165) is 7.11 Å². The fraction of sp³-hybridized carbons (Fsp3) is 0.455. The lowest BCUT2D eigenvalue weighted by Crippen LogP contribution is -2.26. The van der Waals surface area contributed by atoms with E-state index in [-0.39, 0.29) is 12.6 Å². The predicted octanol–water partition coefficient (Wildman–Crippen LogP) is 2.69. The molecule has 0 bridgehead atoms. The lowest BCUT2D eigenvalue weighted by molar-refractivity contribution is -0.143. The molecule has 0 spiro atoms. The average molecular weight is 302 g/mol. The van der Waals surface area contributed by atoms with Crippen LogP contribution in [-0.4, -0.2) is 13.7 Å². The fourth-order valence-corrected chi connectivity index (χ4v) is 1.69. The number of rotatable bonds is 3. The smallest absolute Gasteiger partial charge is 0.416 e. The van der Waals surface area contributed by atoms with Crippen LogP contribution >= 0.6 is 0 Å². The van der Waals surface area contributed by atoms with Gasteiger partial charge in [0, 0.05) is 18.2 Å². The Morgan fingerprint density at radius 3 is 2.00 bits per heavy atom. The van der Waals surface area contributed by atoms with Gasteiger partial charge in [-0.2, -0.15) is 26.3 Å². The first-order chi connectivity index (χ1) is 9.02. The Morgan fingerprint density at radius 1 is 1.10 bits per heavy atom. The van der Waals surface area contributed by atoms with Gasteiger partial charge in [0.15, 0.2) is 0 Å². The van der Waals surface area contributed by atoms with Gasteiger partial charge in [-0.3, -0.25) is 0 Å². The van der Waals surface area contributed by atoms with Crippen molar-refractivity contribution in [2.24, 2.45) is 11.5 Å². The molecular formula is C11H12F6N2O. The summed E-state index contributed by atoms with van der Waals surface area (Å²) in [5.74, 6) is -0.592. The zero-order chi connectivity index (χ0) is 15.7. The quantitative estimate of drug-likeness (QED) is 0.844. The van der Waals surface area contributed by atoms with Crippen LogP contribution in [0.5, 0.6) is 5.75 Å². The van der Waals surface area contributed by atoms with Crippen molar-refractivity contribution < 1.29 is 31.1 Å². The monoisotopic (exact) mass is 302 g/mol. The molecule has 3 nitrogen and oxygen atoms in total. The Morgan fingerprint density at radius 2 is 1.65 bits per heavy atom. The summed E-state index contributed by atoms with van der Waals surface area (Å²) in [5, 5.41) is 0. The van der Waals surface area contributed by atoms with E-state index in [1.54, 1.807) is 0 Å². The zero-order valence-corrected chi connectivity index (χ0v) is 10.3. The fourth-order valence-electron chi connectivity index (χ4n) is 1.69. The third-order valence-corrected chi connectivity index (χ3v) is 2.62. The Balaban J connectivity index is 3.65. The molecule has 0 aromatic heterocycles.